The second-order valence-electron chi connectivity index (χ2n) is 6.41. The molecule has 1 heterocycles. The molecule has 0 fully saturated rings. The number of fused-ring (bicyclic) bond motifs is 1. The Kier molecular flexibility index (Phi) is 4.39. The summed E-state index contributed by atoms with van der Waals surface area (Å²) in [6, 6.07) is 17.2. The first-order chi connectivity index (χ1) is 11.1. The Labute approximate surface area is 138 Å². The van der Waals surface area contributed by atoms with E-state index in [-0.39, 0.29) is 0 Å². The predicted molar refractivity (Wildman–Crippen MR) is 99.3 cm³/mol. The van der Waals surface area contributed by atoms with E-state index in [0.717, 1.165) is 6.42 Å². The summed E-state index contributed by atoms with van der Waals surface area (Å²) in [5, 5.41) is 1.30. The first kappa shape index (κ1) is 15.6. The summed E-state index contributed by atoms with van der Waals surface area (Å²) >= 11 is 0. The molecule has 1 aromatic heterocycles. The summed E-state index contributed by atoms with van der Waals surface area (Å²) in [5.74, 6) is 0.330. The van der Waals surface area contributed by atoms with Crippen molar-refractivity contribution < 1.29 is 0 Å². The molecular weight excluding hydrogens is 282 g/mol. The molecule has 2 aromatic carbocycles. The number of aryl methyl sites for hydroxylation is 1. The highest BCUT2D eigenvalue weighted by molar-refractivity contribution is 5.85. The Morgan fingerprint density at radius 3 is 2.39 bits per heavy atom. The van der Waals surface area contributed by atoms with Crippen LogP contribution in [-0.4, -0.2) is 25.6 Å². The van der Waals surface area contributed by atoms with Gasteiger partial charge in [-0.3, -0.25) is 0 Å². The minimum absolute atomic E-state index is 0.330. The lowest BCUT2D eigenvalue weighted by atomic mass is 9.90. The van der Waals surface area contributed by atoms with Gasteiger partial charge in [0.2, 0.25) is 0 Å². The SMILES string of the molecule is Cc1[nH]c2ccccc2c1C(CN)Cc1ccc(N(C)C)cc1. The summed E-state index contributed by atoms with van der Waals surface area (Å²) in [7, 11) is 4.12. The molecule has 0 spiro atoms. The van der Waals surface area contributed by atoms with Crippen LogP contribution in [0.5, 0.6) is 0 Å². The summed E-state index contributed by atoms with van der Waals surface area (Å²) < 4.78 is 0. The summed E-state index contributed by atoms with van der Waals surface area (Å²) in [6.07, 6.45) is 0.965. The number of nitrogens with two attached hydrogens (primary N) is 1. The third-order valence-corrected chi connectivity index (χ3v) is 4.57. The van der Waals surface area contributed by atoms with Gasteiger partial charge in [0.05, 0.1) is 0 Å². The molecule has 0 aliphatic rings. The largest absolute Gasteiger partial charge is 0.378 e. The molecular formula is C20H25N3. The standard InChI is InChI=1S/C20H25N3/c1-14-20(18-6-4-5-7-19(18)22-14)16(13-21)12-15-8-10-17(11-9-15)23(2)3/h4-11,16,22H,12-13,21H2,1-3H3. The summed E-state index contributed by atoms with van der Waals surface area (Å²) in [4.78, 5) is 5.61. The Hall–Kier alpha value is -2.26. The van der Waals surface area contributed by atoms with Crippen molar-refractivity contribution in [2.45, 2.75) is 19.3 Å². The lowest BCUT2D eigenvalue weighted by Gasteiger charge is -2.17. The number of benzene rings is 2. The van der Waals surface area contributed by atoms with Crippen LogP contribution in [0.25, 0.3) is 10.9 Å². The zero-order valence-electron chi connectivity index (χ0n) is 14.1. The minimum Gasteiger partial charge on any atom is -0.378 e. The van der Waals surface area contributed by atoms with Crippen LogP contribution in [0.2, 0.25) is 0 Å². The highest BCUT2D eigenvalue weighted by Crippen LogP contribution is 2.31. The van der Waals surface area contributed by atoms with Gasteiger partial charge in [-0.15, -0.1) is 0 Å². The number of rotatable bonds is 5. The van der Waals surface area contributed by atoms with Crippen molar-refractivity contribution in [3.05, 3.63) is 65.4 Å². The Morgan fingerprint density at radius 1 is 1.04 bits per heavy atom. The highest BCUT2D eigenvalue weighted by Gasteiger charge is 2.18. The summed E-state index contributed by atoms with van der Waals surface area (Å²) in [6.45, 7) is 2.80. The maximum Gasteiger partial charge on any atom is 0.0458 e. The van der Waals surface area contributed by atoms with E-state index in [2.05, 4.69) is 79.4 Å². The van der Waals surface area contributed by atoms with Gasteiger partial charge in [-0.25, -0.2) is 0 Å². The van der Waals surface area contributed by atoms with E-state index in [1.54, 1.807) is 0 Å². The zero-order chi connectivity index (χ0) is 16.4. The molecule has 3 N–H and O–H groups in total. The van der Waals surface area contributed by atoms with Gasteiger partial charge >= 0.3 is 0 Å². The van der Waals surface area contributed by atoms with Gasteiger partial charge in [0.25, 0.3) is 0 Å². The molecule has 0 radical (unpaired) electrons. The van der Waals surface area contributed by atoms with Crippen LogP contribution in [0.15, 0.2) is 48.5 Å². The fraction of sp³-hybridized carbons (Fsp3) is 0.300. The first-order valence-electron chi connectivity index (χ1n) is 8.13. The van der Waals surface area contributed by atoms with Crippen molar-refractivity contribution in [3.8, 4) is 0 Å². The fourth-order valence-corrected chi connectivity index (χ4v) is 3.34. The smallest absolute Gasteiger partial charge is 0.0458 e. The number of aromatic amines is 1. The maximum atomic E-state index is 6.13. The molecule has 1 unspecified atom stereocenters. The van der Waals surface area contributed by atoms with Crippen LogP contribution in [-0.2, 0) is 6.42 Å². The number of hydrogen-bond acceptors (Lipinski definition) is 2. The third kappa shape index (κ3) is 3.10. The average molecular weight is 307 g/mol. The Morgan fingerprint density at radius 2 is 1.74 bits per heavy atom. The molecule has 0 aliphatic carbocycles. The van der Waals surface area contributed by atoms with Crippen molar-refractivity contribution in [2.75, 3.05) is 25.5 Å². The first-order valence-corrected chi connectivity index (χ1v) is 8.13. The number of aromatic nitrogens is 1. The molecule has 120 valence electrons. The Balaban J connectivity index is 1.91. The number of nitrogens with zero attached hydrogens (tertiary/aromatic N) is 1. The number of anilines is 1. The lowest BCUT2D eigenvalue weighted by Crippen LogP contribution is -2.16. The second-order valence-corrected chi connectivity index (χ2v) is 6.41. The van der Waals surface area contributed by atoms with E-state index in [9.17, 15) is 0 Å². The quantitative estimate of drug-likeness (QED) is 0.752. The van der Waals surface area contributed by atoms with Crippen LogP contribution < -0.4 is 10.6 Å². The van der Waals surface area contributed by atoms with Gasteiger partial charge in [0.1, 0.15) is 0 Å². The van der Waals surface area contributed by atoms with Crippen molar-refractivity contribution in [3.63, 3.8) is 0 Å². The summed E-state index contributed by atoms with van der Waals surface area (Å²) in [5.41, 5.74) is 12.5. The second kappa shape index (κ2) is 6.47. The van der Waals surface area contributed by atoms with Crippen molar-refractivity contribution in [2.24, 2.45) is 5.73 Å². The molecule has 0 aliphatic heterocycles. The van der Waals surface area contributed by atoms with Crippen molar-refractivity contribution >= 4 is 16.6 Å². The van der Waals surface area contributed by atoms with Gasteiger partial charge < -0.3 is 15.6 Å². The van der Waals surface area contributed by atoms with Crippen LogP contribution >= 0.6 is 0 Å². The lowest BCUT2D eigenvalue weighted by molar-refractivity contribution is 0.694. The molecule has 0 amide bonds. The fourth-order valence-electron chi connectivity index (χ4n) is 3.34. The molecule has 23 heavy (non-hydrogen) atoms. The van der Waals surface area contributed by atoms with Crippen molar-refractivity contribution in [1.29, 1.82) is 0 Å². The Bertz CT molecular complexity index is 784. The van der Waals surface area contributed by atoms with Gasteiger partial charge in [-0.2, -0.15) is 0 Å². The molecule has 3 rings (SSSR count). The number of hydrogen-bond donors (Lipinski definition) is 2. The minimum atomic E-state index is 0.330. The molecule has 3 heteroatoms. The van der Waals surface area contributed by atoms with E-state index >= 15 is 0 Å². The molecule has 1 atom stereocenters. The van der Waals surface area contributed by atoms with Crippen LogP contribution in [0.3, 0.4) is 0 Å². The van der Waals surface area contributed by atoms with Crippen molar-refractivity contribution in [1.82, 2.24) is 4.98 Å². The molecule has 0 bridgehead atoms. The average Bonchev–Trinajstić information content (AvgIpc) is 2.89. The highest BCUT2D eigenvalue weighted by atomic mass is 15.1. The molecule has 3 nitrogen and oxygen atoms in total. The van der Waals surface area contributed by atoms with E-state index in [0.29, 0.717) is 12.5 Å². The number of nitrogens with one attached hydrogen (secondary N) is 1. The topological polar surface area (TPSA) is 45.1 Å². The van der Waals surface area contributed by atoms with Crippen LogP contribution in [0.1, 0.15) is 22.7 Å². The number of H-pyrrole nitrogens is 1. The molecule has 3 aromatic rings. The number of para-hydroxylation sites is 1. The third-order valence-electron chi connectivity index (χ3n) is 4.57. The van der Waals surface area contributed by atoms with E-state index in [1.807, 2.05) is 0 Å². The van der Waals surface area contributed by atoms with Gasteiger partial charge in [-0.05, 0) is 49.2 Å². The normalized spacial score (nSPS) is 12.5. The maximum absolute atomic E-state index is 6.13. The van der Waals surface area contributed by atoms with Crippen LogP contribution in [0, 0.1) is 6.92 Å². The molecule has 0 saturated carbocycles. The van der Waals surface area contributed by atoms with E-state index in [4.69, 9.17) is 5.73 Å². The van der Waals surface area contributed by atoms with Gasteiger partial charge in [-0.1, -0.05) is 30.3 Å². The van der Waals surface area contributed by atoms with Gasteiger partial charge in [0.15, 0.2) is 0 Å². The molecule has 0 saturated heterocycles. The zero-order valence-corrected chi connectivity index (χ0v) is 14.1. The predicted octanol–water partition coefficient (Wildman–Crippen LogP) is 3.83. The van der Waals surface area contributed by atoms with Crippen LogP contribution in [0.4, 0.5) is 5.69 Å². The van der Waals surface area contributed by atoms with E-state index in [1.165, 1.54) is 33.4 Å². The monoisotopic (exact) mass is 307 g/mol. The van der Waals surface area contributed by atoms with Gasteiger partial charge in [0, 0.05) is 42.3 Å². The van der Waals surface area contributed by atoms with E-state index < -0.39 is 0 Å².